The van der Waals surface area contributed by atoms with Gasteiger partial charge >= 0.3 is 0 Å². The third kappa shape index (κ3) is 8.45. The fourth-order valence-electron chi connectivity index (χ4n) is 4.67. The van der Waals surface area contributed by atoms with Gasteiger partial charge in [-0.25, -0.2) is 5.48 Å². The fourth-order valence-corrected chi connectivity index (χ4v) is 4.67. The second-order valence-corrected chi connectivity index (χ2v) is 8.63. The van der Waals surface area contributed by atoms with Crippen LogP contribution < -0.4 is 5.48 Å². The molecular weight excluding hydrogens is 378 g/mol. The summed E-state index contributed by atoms with van der Waals surface area (Å²) in [6.45, 7) is 2.22. The lowest BCUT2D eigenvalue weighted by atomic mass is 9.82. The van der Waals surface area contributed by atoms with Gasteiger partial charge in [-0.1, -0.05) is 56.5 Å². The van der Waals surface area contributed by atoms with Gasteiger partial charge in [0.2, 0.25) is 5.91 Å². The molecule has 1 aromatic rings. The zero-order valence-electron chi connectivity index (χ0n) is 18.0. The maximum absolute atomic E-state index is 11.0. The molecule has 0 heterocycles. The number of nitrogens with one attached hydrogen (secondary N) is 1. The number of carbonyl (C=O) groups is 1. The lowest BCUT2D eigenvalue weighted by molar-refractivity contribution is -0.129. The average Bonchev–Trinajstić information content (AvgIpc) is 3.01. The smallest absolute Gasteiger partial charge is 0.243 e. The minimum absolute atomic E-state index is 0.237. The van der Waals surface area contributed by atoms with Gasteiger partial charge in [-0.2, -0.15) is 0 Å². The molecule has 1 aliphatic carbocycles. The van der Waals surface area contributed by atoms with Crippen molar-refractivity contribution in [2.45, 2.75) is 76.9 Å². The van der Waals surface area contributed by atoms with E-state index in [9.17, 15) is 15.0 Å². The average molecular weight is 416 g/mol. The monoisotopic (exact) mass is 415 g/mol. The van der Waals surface area contributed by atoms with E-state index in [-0.39, 0.29) is 17.9 Å². The number of rotatable bonds is 12. The van der Waals surface area contributed by atoms with Crippen molar-refractivity contribution < 1.29 is 20.2 Å². The van der Waals surface area contributed by atoms with Crippen LogP contribution in [0.5, 0.6) is 0 Å². The summed E-state index contributed by atoms with van der Waals surface area (Å²) >= 11 is 0. The molecule has 1 aromatic carbocycles. The Labute approximate surface area is 180 Å². The van der Waals surface area contributed by atoms with Crippen LogP contribution in [0.1, 0.15) is 70.3 Å². The van der Waals surface area contributed by atoms with Crippen LogP contribution in [0, 0.1) is 17.8 Å². The van der Waals surface area contributed by atoms with Gasteiger partial charge in [0.1, 0.15) is 0 Å². The number of unbranched alkanes of at least 4 members (excludes halogenated alkanes) is 3. The molecule has 166 valence electrons. The van der Waals surface area contributed by atoms with Crippen molar-refractivity contribution in [3.8, 4) is 0 Å². The highest BCUT2D eigenvalue weighted by molar-refractivity contribution is 5.74. The molecule has 30 heavy (non-hydrogen) atoms. The van der Waals surface area contributed by atoms with E-state index in [1.165, 1.54) is 0 Å². The van der Waals surface area contributed by atoms with Crippen LogP contribution >= 0.6 is 0 Å². The molecule has 0 aromatic heterocycles. The maximum Gasteiger partial charge on any atom is 0.243 e. The first-order valence-corrected chi connectivity index (χ1v) is 11.3. The van der Waals surface area contributed by atoms with Crippen LogP contribution in [0.4, 0.5) is 0 Å². The molecular formula is C25H37NO4. The Balaban J connectivity index is 1.74. The summed E-state index contributed by atoms with van der Waals surface area (Å²) in [5.41, 5.74) is 5.79. The van der Waals surface area contributed by atoms with Crippen molar-refractivity contribution in [1.82, 2.24) is 5.48 Å². The normalized spacial score (nSPS) is 24.1. The van der Waals surface area contributed by atoms with Gasteiger partial charge in [0.25, 0.3) is 0 Å². The van der Waals surface area contributed by atoms with Crippen LogP contribution in [-0.2, 0) is 4.79 Å². The molecule has 1 fully saturated rings. The van der Waals surface area contributed by atoms with Gasteiger partial charge in [-0.3, -0.25) is 10.0 Å². The zero-order valence-corrected chi connectivity index (χ0v) is 18.0. The topological polar surface area (TPSA) is 89.8 Å². The lowest BCUT2D eigenvalue weighted by Gasteiger charge is -2.24. The molecule has 5 heteroatoms. The molecule has 0 aliphatic heterocycles. The summed E-state index contributed by atoms with van der Waals surface area (Å²) in [6, 6.07) is 9.90. The number of carbonyl (C=O) groups excluding carboxylic acids is 1. The molecule has 0 radical (unpaired) electrons. The molecule has 4 N–H and O–H groups in total. The highest BCUT2D eigenvalue weighted by Crippen LogP contribution is 2.42. The Bertz CT molecular complexity index is 684. The molecule has 2 rings (SSSR count). The highest BCUT2D eigenvalue weighted by Gasteiger charge is 2.39. The fraction of sp³-hybridized carbons (Fsp3) is 0.600. The molecule has 0 spiro atoms. The van der Waals surface area contributed by atoms with Gasteiger partial charge in [0.05, 0.1) is 12.2 Å². The van der Waals surface area contributed by atoms with Gasteiger partial charge in [-0.05, 0) is 67.6 Å². The number of aliphatic hydroxyl groups excluding tert-OH is 2. The van der Waals surface area contributed by atoms with E-state index in [1.54, 1.807) is 11.6 Å². The van der Waals surface area contributed by atoms with E-state index in [0.717, 1.165) is 50.5 Å². The maximum atomic E-state index is 11.0. The van der Waals surface area contributed by atoms with E-state index >= 15 is 0 Å². The first-order chi connectivity index (χ1) is 14.5. The quantitative estimate of drug-likeness (QED) is 0.175. The van der Waals surface area contributed by atoms with Crippen LogP contribution in [0.15, 0.2) is 42.1 Å². The van der Waals surface area contributed by atoms with Crippen molar-refractivity contribution >= 4 is 12.0 Å². The van der Waals surface area contributed by atoms with Crippen LogP contribution in [-0.4, -0.2) is 33.5 Å². The minimum atomic E-state index is -0.550. The van der Waals surface area contributed by atoms with Gasteiger partial charge in [0.15, 0.2) is 0 Å². The van der Waals surface area contributed by atoms with E-state index in [0.29, 0.717) is 24.7 Å². The van der Waals surface area contributed by atoms with E-state index in [1.807, 2.05) is 36.4 Å². The van der Waals surface area contributed by atoms with E-state index < -0.39 is 6.10 Å². The van der Waals surface area contributed by atoms with Crippen molar-refractivity contribution in [1.29, 1.82) is 0 Å². The lowest BCUT2D eigenvalue weighted by Crippen LogP contribution is -2.22. The summed E-state index contributed by atoms with van der Waals surface area (Å²) in [7, 11) is 0. The molecule has 1 amide bonds. The molecule has 5 nitrogen and oxygen atoms in total. The summed E-state index contributed by atoms with van der Waals surface area (Å²) in [4.78, 5) is 11.0. The molecule has 0 bridgehead atoms. The Morgan fingerprint density at radius 2 is 1.90 bits per heavy atom. The Hall–Kier alpha value is -1.91. The van der Waals surface area contributed by atoms with E-state index in [4.69, 9.17) is 5.21 Å². The predicted octanol–water partition coefficient (Wildman–Crippen LogP) is 4.48. The largest absolute Gasteiger partial charge is 0.393 e. The highest BCUT2D eigenvalue weighted by atomic mass is 16.5. The zero-order chi connectivity index (χ0) is 21.8. The number of benzene rings is 1. The number of hydrogen-bond donors (Lipinski definition) is 4. The molecule has 5 atom stereocenters. The van der Waals surface area contributed by atoms with Gasteiger partial charge in [-0.15, -0.1) is 5.73 Å². The number of aliphatic hydroxyl groups is 2. The van der Waals surface area contributed by atoms with Crippen LogP contribution in [0.3, 0.4) is 0 Å². The molecule has 0 saturated heterocycles. The third-order valence-electron chi connectivity index (χ3n) is 6.34. The van der Waals surface area contributed by atoms with Crippen LogP contribution in [0.2, 0.25) is 0 Å². The second-order valence-electron chi connectivity index (χ2n) is 8.63. The van der Waals surface area contributed by atoms with Crippen molar-refractivity contribution in [3.63, 3.8) is 0 Å². The molecule has 1 saturated carbocycles. The standard InChI is InChI=1S/C25H37NO4/c1-19-18-24(28)23(22(19)14-7-2-3-8-15-25(29)26-30)17-16-21(27)13-9-12-20-10-5-4-6-11-20/h4-6,10-13,19,21-24,27-28,30H,2-3,7-8,14-18H2,1H3,(H,26,29). The van der Waals surface area contributed by atoms with Gasteiger partial charge < -0.3 is 10.2 Å². The second kappa shape index (κ2) is 13.4. The Morgan fingerprint density at radius 3 is 2.63 bits per heavy atom. The SMILES string of the molecule is CC1CC(O)C(CCC(O)C=C=Cc2ccccc2)C1CCCCCCC(=O)NO. The van der Waals surface area contributed by atoms with E-state index in [2.05, 4.69) is 12.7 Å². The number of hydroxylamine groups is 1. The van der Waals surface area contributed by atoms with Gasteiger partial charge in [0, 0.05) is 6.42 Å². The predicted molar refractivity (Wildman–Crippen MR) is 119 cm³/mol. The number of hydrogen-bond acceptors (Lipinski definition) is 4. The van der Waals surface area contributed by atoms with Crippen molar-refractivity contribution in [2.75, 3.05) is 0 Å². The first kappa shape index (κ1) is 24.4. The third-order valence-corrected chi connectivity index (χ3v) is 6.34. The van der Waals surface area contributed by atoms with Crippen molar-refractivity contribution in [3.05, 3.63) is 47.7 Å². The molecule has 5 unspecified atom stereocenters. The summed E-state index contributed by atoms with van der Waals surface area (Å²) in [5, 5.41) is 29.3. The Morgan fingerprint density at radius 1 is 1.17 bits per heavy atom. The van der Waals surface area contributed by atoms with Crippen molar-refractivity contribution in [2.24, 2.45) is 17.8 Å². The van der Waals surface area contributed by atoms with Crippen LogP contribution in [0.25, 0.3) is 6.08 Å². The minimum Gasteiger partial charge on any atom is -0.393 e. The Kier molecular flexibility index (Phi) is 10.9. The summed E-state index contributed by atoms with van der Waals surface area (Å²) < 4.78 is 0. The summed E-state index contributed by atoms with van der Waals surface area (Å²) in [6.07, 6.45) is 10.4. The summed E-state index contributed by atoms with van der Waals surface area (Å²) in [5.74, 6) is 0.891. The molecule has 1 aliphatic rings. The number of amides is 1. The first-order valence-electron chi connectivity index (χ1n) is 11.3.